The lowest BCUT2D eigenvalue weighted by Crippen LogP contribution is -2.35. The summed E-state index contributed by atoms with van der Waals surface area (Å²) in [6.07, 6.45) is 2.01. The number of ether oxygens (including phenoxy) is 1. The van der Waals surface area contributed by atoms with Crippen molar-refractivity contribution in [2.45, 2.75) is 52.1 Å². The van der Waals surface area contributed by atoms with Crippen LogP contribution in [0.1, 0.15) is 51.5 Å². The third kappa shape index (κ3) is 3.52. The van der Waals surface area contributed by atoms with E-state index in [1.54, 1.807) is 0 Å². The van der Waals surface area contributed by atoms with E-state index in [1.165, 1.54) is 0 Å². The van der Waals surface area contributed by atoms with Crippen molar-refractivity contribution in [3.8, 4) is 0 Å². The summed E-state index contributed by atoms with van der Waals surface area (Å²) >= 11 is 2.27. The fourth-order valence-electron chi connectivity index (χ4n) is 3.55. The monoisotopic (exact) mass is 451 g/mol. The number of Topliss-reactive ketones (excluding diaryl/α,β-unsaturated/α-hetero) is 1. The maximum absolute atomic E-state index is 12.8. The highest BCUT2D eigenvalue weighted by atomic mass is 127. The highest BCUT2D eigenvalue weighted by Crippen LogP contribution is 2.43. The molecule has 0 fully saturated rings. The Bertz CT molecular complexity index is 792. The minimum atomic E-state index is -0.358. The molecule has 4 nitrogen and oxygen atoms in total. The number of esters is 1. The second-order valence-electron chi connectivity index (χ2n) is 6.74. The fraction of sp³-hybridized carbons (Fsp3) is 0.400. The molecule has 132 valence electrons. The van der Waals surface area contributed by atoms with E-state index in [9.17, 15) is 9.59 Å². The van der Waals surface area contributed by atoms with Gasteiger partial charge < -0.3 is 10.1 Å². The van der Waals surface area contributed by atoms with Crippen LogP contribution in [0.2, 0.25) is 0 Å². The summed E-state index contributed by atoms with van der Waals surface area (Å²) in [7, 11) is 0. The summed E-state index contributed by atoms with van der Waals surface area (Å²) in [4.78, 5) is 25.6. The van der Waals surface area contributed by atoms with Crippen LogP contribution in [0.15, 0.2) is 46.8 Å². The van der Waals surface area contributed by atoms with Crippen molar-refractivity contribution in [3.05, 3.63) is 55.9 Å². The molecule has 1 aliphatic carbocycles. The van der Waals surface area contributed by atoms with Gasteiger partial charge in [0.15, 0.2) is 5.78 Å². The second-order valence-corrected chi connectivity index (χ2v) is 7.90. The second kappa shape index (κ2) is 7.32. The number of ketones is 1. The number of hydrogen-bond donors (Lipinski definition) is 1. The third-order valence-electron chi connectivity index (χ3n) is 4.55. The number of hydrogen-bond acceptors (Lipinski definition) is 4. The molecule has 0 bridgehead atoms. The van der Waals surface area contributed by atoms with Crippen LogP contribution >= 0.6 is 22.6 Å². The van der Waals surface area contributed by atoms with E-state index < -0.39 is 0 Å². The molecule has 5 heteroatoms. The number of halogens is 1. The Morgan fingerprint density at radius 3 is 2.68 bits per heavy atom. The summed E-state index contributed by atoms with van der Waals surface area (Å²) in [5.41, 5.74) is 4.01. The molecule has 0 spiro atoms. The van der Waals surface area contributed by atoms with Crippen molar-refractivity contribution in [1.82, 2.24) is 5.32 Å². The lowest BCUT2D eigenvalue weighted by Gasteiger charge is -2.34. The smallest absolute Gasteiger partial charge is 0.337 e. The van der Waals surface area contributed by atoms with Gasteiger partial charge in [-0.2, -0.15) is 0 Å². The van der Waals surface area contributed by atoms with Crippen LogP contribution in [-0.2, 0) is 14.3 Å². The molecule has 1 aromatic carbocycles. The van der Waals surface area contributed by atoms with Crippen LogP contribution in [0.4, 0.5) is 0 Å². The first kappa shape index (κ1) is 18.2. The summed E-state index contributed by atoms with van der Waals surface area (Å²) in [5, 5.41) is 3.31. The van der Waals surface area contributed by atoms with Crippen LogP contribution in [0.25, 0.3) is 0 Å². The predicted octanol–water partition coefficient (Wildman–Crippen LogP) is 4.21. The van der Waals surface area contributed by atoms with E-state index >= 15 is 0 Å². The maximum atomic E-state index is 12.8. The van der Waals surface area contributed by atoms with Crippen LogP contribution < -0.4 is 5.32 Å². The number of carbonyl (C=O) groups is 2. The normalized spacial score (nSPS) is 20.5. The quantitative estimate of drug-likeness (QED) is 0.553. The zero-order chi connectivity index (χ0) is 18.1. The number of carbonyl (C=O) groups excluding carboxylic acids is 2. The largest absolute Gasteiger partial charge is 0.460 e. The van der Waals surface area contributed by atoms with Gasteiger partial charge in [0.2, 0.25) is 0 Å². The van der Waals surface area contributed by atoms with Crippen molar-refractivity contribution in [3.63, 3.8) is 0 Å². The Kier molecular flexibility index (Phi) is 5.32. The maximum Gasteiger partial charge on any atom is 0.337 e. The Labute approximate surface area is 161 Å². The van der Waals surface area contributed by atoms with Crippen molar-refractivity contribution in [2.24, 2.45) is 0 Å². The Morgan fingerprint density at radius 2 is 2.00 bits per heavy atom. The van der Waals surface area contributed by atoms with Crippen LogP contribution in [-0.4, -0.2) is 17.9 Å². The van der Waals surface area contributed by atoms with Gasteiger partial charge in [0.25, 0.3) is 0 Å². The van der Waals surface area contributed by atoms with Gasteiger partial charge >= 0.3 is 5.97 Å². The Morgan fingerprint density at radius 1 is 1.28 bits per heavy atom. The molecule has 25 heavy (non-hydrogen) atoms. The highest BCUT2D eigenvalue weighted by Gasteiger charge is 2.39. The molecule has 0 unspecified atom stereocenters. The Balaban J connectivity index is 2.17. The summed E-state index contributed by atoms with van der Waals surface area (Å²) in [5.74, 6) is -0.585. The first-order valence-corrected chi connectivity index (χ1v) is 9.67. The van der Waals surface area contributed by atoms with Gasteiger partial charge in [-0.05, 0) is 67.8 Å². The molecule has 3 rings (SSSR count). The molecule has 1 N–H and O–H groups in total. The molecule has 1 heterocycles. The molecular weight excluding hydrogens is 429 g/mol. The molecule has 2 aliphatic rings. The van der Waals surface area contributed by atoms with E-state index in [2.05, 4.69) is 27.9 Å². The first-order chi connectivity index (χ1) is 11.9. The molecule has 0 saturated carbocycles. The average molecular weight is 451 g/mol. The lowest BCUT2D eigenvalue weighted by atomic mass is 9.75. The van der Waals surface area contributed by atoms with Crippen molar-refractivity contribution in [2.75, 3.05) is 0 Å². The molecule has 0 radical (unpaired) electrons. The van der Waals surface area contributed by atoms with Crippen LogP contribution in [0, 0.1) is 3.57 Å². The van der Waals surface area contributed by atoms with Crippen molar-refractivity contribution in [1.29, 1.82) is 0 Å². The topological polar surface area (TPSA) is 55.4 Å². The highest BCUT2D eigenvalue weighted by molar-refractivity contribution is 14.1. The standard InChI is InChI=1S/C20H22INO3/c1-11(2)25-20(24)17-12(3)22-15-9-6-10-16(23)19(15)18(17)13-7-4-5-8-14(13)21/h4-5,7-8,11,18,22H,6,9-10H2,1-3H3/t18-/m0/s1. The molecule has 0 saturated heterocycles. The van der Waals surface area contributed by atoms with Gasteiger partial charge in [-0.15, -0.1) is 0 Å². The predicted molar refractivity (Wildman–Crippen MR) is 105 cm³/mol. The number of allylic oxidation sites excluding steroid dienone is 3. The van der Waals surface area contributed by atoms with E-state index in [4.69, 9.17) is 4.74 Å². The molecule has 0 aromatic heterocycles. The zero-order valence-corrected chi connectivity index (χ0v) is 16.8. The Hall–Kier alpha value is -1.63. The fourth-order valence-corrected chi connectivity index (χ4v) is 4.25. The minimum Gasteiger partial charge on any atom is -0.460 e. The number of benzene rings is 1. The number of rotatable bonds is 3. The lowest BCUT2D eigenvalue weighted by molar-refractivity contribution is -0.143. The average Bonchev–Trinajstić information content (AvgIpc) is 2.53. The summed E-state index contributed by atoms with van der Waals surface area (Å²) in [6, 6.07) is 7.92. The van der Waals surface area contributed by atoms with Gasteiger partial charge in [0.05, 0.1) is 11.7 Å². The molecular formula is C20H22INO3. The summed E-state index contributed by atoms with van der Waals surface area (Å²) in [6.45, 7) is 5.56. The van der Waals surface area contributed by atoms with E-state index in [0.29, 0.717) is 12.0 Å². The SMILES string of the molecule is CC1=C(C(=O)OC(C)C)[C@H](c2ccccc2I)C2=C(CCCC2=O)N1. The van der Waals surface area contributed by atoms with Crippen LogP contribution in [0.5, 0.6) is 0 Å². The molecule has 0 amide bonds. The number of dihydropyridines is 1. The minimum absolute atomic E-state index is 0.126. The molecule has 1 atom stereocenters. The van der Waals surface area contributed by atoms with Gasteiger partial charge in [0.1, 0.15) is 0 Å². The van der Waals surface area contributed by atoms with E-state index in [0.717, 1.165) is 38.9 Å². The van der Waals surface area contributed by atoms with E-state index in [1.807, 2.05) is 45.0 Å². The van der Waals surface area contributed by atoms with Crippen LogP contribution in [0.3, 0.4) is 0 Å². The molecule has 1 aliphatic heterocycles. The number of nitrogens with one attached hydrogen (secondary N) is 1. The molecule has 1 aromatic rings. The first-order valence-electron chi connectivity index (χ1n) is 8.59. The zero-order valence-electron chi connectivity index (χ0n) is 14.7. The van der Waals surface area contributed by atoms with Gasteiger partial charge in [-0.25, -0.2) is 4.79 Å². The van der Waals surface area contributed by atoms with Crippen molar-refractivity contribution >= 4 is 34.3 Å². The summed E-state index contributed by atoms with van der Waals surface area (Å²) < 4.78 is 6.54. The third-order valence-corrected chi connectivity index (χ3v) is 5.54. The van der Waals surface area contributed by atoms with E-state index in [-0.39, 0.29) is 23.8 Å². The van der Waals surface area contributed by atoms with Gasteiger partial charge in [-0.3, -0.25) is 4.79 Å². The van der Waals surface area contributed by atoms with Gasteiger partial charge in [-0.1, -0.05) is 18.2 Å². The van der Waals surface area contributed by atoms with Gasteiger partial charge in [0, 0.05) is 32.9 Å². The van der Waals surface area contributed by atoms with Crippen molar-refractivity contribution < 1.29 is 14.3 Å².